The smallest absolute Gasteiger partial charge is 0.411 e. The first-order valence-corrected chi connectivity index (χ1v) is 11.2. The van der Waals surface area contributed by atoms with Crippen LogP contribution in [0.25, 0.3) is 11.3 Å². The Hall–Kier alpha value is -3.56. The molecule has 0 bridgehead atoms. The zero-order valence-corrected chi connectivity index (χ0v) is 18.8. The third kappa shape index (κ3) is 6.06. The number of aromatic nitrogens is 2. The van der Waals surface area contributed by atoms with Gasteiger partial charge in [-0.25, -0.2) is 13.9 Å². The quantitative estimate of drug-likeness (QED) is 0.548. The van der Waals surface area contributed by atoms with Crippen LogP contribution in [0, 0.1) is 5.82 Å². The van der Waals surface area contributed by atoms with E-state index in [1.807, 2.05) is 6.07 Å². The number of halogens is 1. The van der Waals surface area contributed by atoms with Crippen LogP contribution in [-0.4, -0.2) is 65.3 Å². The molecular weight excluding hydrogens is 439 g/mol. The average molecular weight is 467 g/mol. The van der Waals surface area contributed by atoms with E-state index in [0.29, 0.717) is 43.1 Å². The standard InChI is InChI=1S/C25H27FN4O4/c26-21-7-5-20(6-8-21)23-9-10-24(31)30(27-23)18-19-3-1-4-22(17-19)29(25(32)33)12-2-11-28-13-15-34-16-14-28/h1,3-10,17H,2,11-16,18H2,(H,32,33). The Bertz CT molecular complexity index is 1180. The second kappa shape index (κ2) is 11.0. The Kier molecular flexibility index (Phi) is 7.66. The molecule has 1 saturated heterocycles. The van der Waals surface area contributed by atoms with E-state index in [1.54, 1.807) is 36.4 Å². The number of morpholine rings is 1. The molecule has 9 heteroatoms. The average Bonchev–Trinajstić information content (AvgIpc) is 2.84. The highest BCUT2D eigenvalue weighted by atomic mass is 19.1. The summed E-state index contributed by atoms with van der Waals surface area (Å²) < 4.78 is 19.9. The van der Waals surface area contributed by atoms with Gasteiger partial charge in [-0.15, -0.1) is 0 Å². The largest absolute Gasteiger partial charge is 0.465 e. The van der Waals surface area contributed by atoms with E-state index in [1.165, 1.54) is 27.8 Å². The van der Waals surface area contributed by atoms with E-state index >= 15 is 0 Å². The van der Waals surface area contributed by atoms with Crippen molar-refractivity contribution >= 4 is 11.8 Å². The van der Waals surface area contributed by atoms with E-state index in [0.717, 1.165) is 25.2 Å². The van der Waals surface area contributed by atoms with Gasteiger partial charge in [0.1, 0.15) is 5.82 Å². The number of nitrogens with zero attached hydrogens (tertiary/aromatic N) is 4. The molecule has 3 aromatic rings. The lowest BCUT2D eigenvalue weighted by molar-refractivity contribution is 0.0376. The van der Waals surface area contributed by atoms with Crippen LogP contribution >= 0.6 is 0 Å². The summed E-state index contributed by atoms with van der Waals surface area (Å²) in [5.41, 5.74) is 2.27. The van der Waals surface area contributed by atoms with E-state index in [-0.39, 0.29) is 17.9 Å². The van der Waals surface area contributed by atoms with E-state index in [4.69, 9.17) is 4.74 Å². The van der Waals surface area contributed by atoms with Crippen molar-refractivity contribution in [2.75, 3.05) is 44.3 Å². The van der Waals surface area contributed by atoms with Gasteiger partial charge < -0.3 is 9.84 Å². The lowest BCUT2D eigenvalue weighted by Crippen LogP contribution is -2.39. The summed E-state index contributed by atoms with van der Waals surface area (Å²) in [5, 5.41) is 14.2. The van der Waals surface area contributed by atoms with Crippen molar-refractivity contribution in [1.29, 1.82) is 0 Å². The van der Waals surface area contributed by atoms with E-state index in [2.05, 4.69) is 10.00 Å². The minimum absolute atomic E-state index is 0.183. The molecule has 0 saturated carbocycles. The summed E-state index contributed by atoms with van der Waals surface area (Å²) in [4.78, 5) is 27.9. The lowest BCUT2D eigenvalue weighted by atomic mass is 10.1. The zero-order valence-electron chi connectivity index (χ0n) is 18.8. The first-order valence-electron chi connectivity index (χ1n) is 11.2. The maximum absolute atomic E-state index is 13.2. The molecule has 1 aliphatic heterocycles. The Morgan fingerprint density at radius 1 is 1.09 bits per heavy atom. The lowest BCUT2D eigenvalue weighted by Gasteiger charge is -2.27. The molecule has 0 unspecified atom stereocenters. The summed E-state index contributed by atoms with van der Waals surface area (Å²) in [5.74, 6) is -0.346. The molecule has 0 radical (unpaired) electrons. The summed E-state index contributed by atoms with van der Waals surface area (Å²) in [6.07, 6.45) is -0.315. The predicted octanol–water partition coefficient (Wildman–Crippen LogP) is 3.30. The maximum atomic E-state index is 13.2. The monoisotopic (exact) mass is 466 g/mol. The molecule has 0 spiro atoms. The van der Waals surface area contributed by atoms with Crippen molar-refractivity contribution in [3.8, 4) is 11.3 Å². The molecule has 178 valence electrons. The SMILES string of the molecule is O=C(O)N(CCCN1CCOCC1)c1cccc(Cn2nc(-c3ccc(F)cc3)ccc2=O)c1. The minimum Gasteiger partial charge on any atom is -0.465 e. The Labute approximate surface area is 196 Å². The molecule has 1 fully saturated rings. The number of hydrogen-bond donors (Lipinski definition) is 1. The van der Waals surface area contributed by atoms with Gasteiger partial charge in [-0.3, -0.25) is 14.6 Å². The van der Waals surface area contributed by atoms with Gasteiger partial charge >= 0.3 is 6.09 Å². The van der Waals surface area contributed by atoms with Crippen LogP contribution in [0.5, 0.6) is 0 Å². The number of hydrogen-bond acceptors (Lipinski definition) is 5. The molecule has 1 amide bonds. The van der Waals surface area contributed by atoms with Crippen LogP contribution in [0.4, 0.5) is 14.9 Å². The van der Waals surface area contributed by atoms with Crippen LogP contribution in [0.1, 0.15) is 12.0 Å². The van der Waals surface area contributed by atoms with E-state index in [9.17, 15) is 19.1 Å². The summed E-state index contributed by atoms with van der Waals surface area (Å²) in [6.45, 7) is 4.50. The number of benzene rings is 2. The van der Waals surface area contributed by atoms with Crippen molar-refractivity contribution in [3.05, 3.63) is 82.4 Å². The van der Waals surface area contributed by atoms with Crippen LogP contribution in [0.15, 0.2) is 65.5 Å². The van der Waals surface area contributed by atoms with Crippen molar-refractivity contribution in [2.45, 2.75) is 13.0 Å². The van der Waals surface area contributed by atoms with Crippen molar-refractivity contribution < 1.29 is 19.0 Å². The van der Waals surface area contributed by atoms with Crippen molar-refractivity contribution in [3.63, 3.8) is 0 Å². The Morgan fingerprint density at radius 2 is 1.85 bits per heavy atom. The third-order valence-corrected chi connectivity index (χ3v) is 5.75. The zero-order chi connectivity index (χ0) is 23.9. The van der Waals surface area contributed by atoms with Gasteiger partial charge in [0, 0.05) is 43.5 Å². The van der Waals surface area contributed by atoms with Gasteiger partial charge in [-0.2, -0.15) is 5.10 Å². The summed E-state index contributed by atoms with van der Waals surface area (Å²) >= 11 is 0. The molecule has 1 aromatic heterocycles. The van der Waals surface area contributed by atoms with Crippen LogP contribution < -0.4 is 10.5 Å². The molecule has 8 nitrogen and oxygen atoms in total. The molecule has 1 aliphatic rings. The van der Waals surface area contributed by atoms with Gasteiger partial charge in [-0.1, -0.05) is 12.1 Å². The number of ether oxygens (including phenoxy) is 1. The van der Waals surface area contributed by atoms with Gasteiger partial charge in [0.15, 0.2) is 0 Å². The van der Waals surface area contributed by atoms with Crippen LogP contribution in [0.3, 0.4) is 0 Å². The summed E-state index contributed by atoms with van der Waals surface area (Å²) in [7, 11) is 0. The second-order valence-electron chi connectivity index (χ2n) is 8.13. The molecule has 0 atom stereocenters. The number of rotatable bonds is 8. The molecule has 2 heterocycles. The molecule has 4 rings (SSSR count). The number of carbonyl (C=O) groups is 1. The molecule has 1 N–H and O–H groups in total. The van der Waals surface area contributed by atoms with Gasteiger partial charge in [0.05, 0.1) is 25.5 Å². The van der Waals surface area contributed by atoms with Crippen molar-refractivity contribution in [2.24, 2.45) is 0 Å². The van der Waals surface area contributed by atoms with Gasteiger partial charge in [-0.05, 0) is 54.4 Å². The Balaban J connectivity index is 1.47. The number of anilines is 1. The first-order chi connectivity index (χ1) is 16.5. The van der Waals surface area contributed by atoms with Gasteiger partial charge in [0.2, 0.25) is 0 Å². The highest BCUT2D eigenvalue weighted by Gasteiger charge is 2.16. The second-order valence-corrected chi connectivity index (χ2v) is 8.13. The number of carboxylic acid groups (broad SMARTS) is 1. The Morgan fingerprint density at radius 3 is 2.59 bits per heavy atom. The molecule has 2 aromatic carbocycles. The third-order valence-electron chi connectivity index (χ3n) is 5.75. The minimum atomic E-state index is -1.02. The van der Waals surface area contributed by atoms with Crippen LogP contribution in [-0.2, 0) is 11.3 Å². The summed E-state index contributed by atoms with van der Waals surface area (Å²) in [6, 6.07) is 16.0. The molecular formula is C25H27FN4O4. The molecule has 34 heavy (non-hydrogen) atoms. The molecule has 0 aliphatic carbocycles. The highest BCUT2D eigenvalue weighted by molar-refractivity contribution is 5.86. The topological polar surface area (TPSA) is 87.9 Å². The fourth-order valence-electron chi connectivity index (χ4n) is 3.94. The van der Waals surface area contributed by atoms with E-state index < -0.39 is 6.09 Å². The van der Waals surface area contributed by atoms with Gasteiger partial charge in [0.25, 0.3) is 5.56 Å². The predicted molar refractivity (Wildman–Crippen MR) is 127 cm³/mol. The number of amides is 1. The fourth-order valence-corrected chi connectivity index (χ4v) is 3.94. The van der Waals surface area contributed by atoms with Crippen molar-refractivity contribution in [1.82, 2.24) is 14.7 Å². The maximum Gasteiger partial charge on any atom is 0.411 e. The highest BCUT2D eigenvalue weighted by Crippen LogP contribution is 2.19. The fraction of sp³-hybridized carbons (Fsp3) is 0.320. The van der Waals surface area contributed by atoms with Crippen LogP contribution in [0.2, 0.25) is 0 Å². The normalized spacial score (nSPS) is 14.1. The first kappa shape index (κ1) is 23.6.